The average molecular weight is 1530 g/mol. The predicted octanol–water partition coefficient (Wildman–Crippen LogP) is 16.3. The molecule has 3 aliphatic rings. The van der Waals surface area contributed by atoms with Crippen LogP contribution in [-0.2, 0) is 33.2 Å². The van der Waals surface area contributed by atoms with Gasteiger partial charge in [0.15, 0.2) is 18.9 Å². The largest absolute Gasteiger partial charge is 0.394 e. The van der Waals surface area contributed by atoms with Crippen molar-refractivity contribution >= 4 is 5.91 Å². The number of aliphatic hydroxyl groups excluding tert-OH is 11. The first-order valence-corrected chi connectivity index (χ1v) is 44.2. The van der Waals surface area contributed by atoms with E-state index in [-0.39, 0.29) is 18.9 Å². The van der Waals surface area contributed by atoms with E-state index in [0.29, 0.717) is 12.8 Å². The third-order valence-electron chi connectivity index (χ3n) is 21.8. The lowest BCUT2D eigenvalue weighted by Crippen LogP contribution is -2.66. The molecule has 12 N–H and O–H groups in total. The number of aliphatic hydroxyl groups is 11. The second-order valence-corrected chi connectivity index (χ2v) is 31.3. The minimum absolute atomic E-state index is 0.238. The smallest absolute Gasteiger partial charge is 0.220 e. The normalized spacial score (nSPS) is 25.7. The van der Waals surface area contributed by atoms with Gasteiger partial charge in [-0.25, -0.2) is 0 Å². The van der Waals surface area contributed by atoms with Crippen molar-refractivity contribution in [3.05, 3.63) is 72.9 Å². The van der Waals surface area contributed by atoms with Crippen molar-refractivity contribution in [2.75, 3.05) is 26.4 Å². The third kappa shape index (κ3) is 47.2. The highest BCUT2D eigenvalue weighted by molar-refractivity contribution is 5.76. The Morgan fingerprint density at radius 3 is 1.00 bits per heavy atom. The van der Waals surface area contributed by atoms with Gasteiger partial charge in [-0.3, -0.25) is 4.79 Å². The predicted molar refractivity (Wildman–Crippen MR) is 434 cm³/mol. The molecule has 0 saturated carbocycles. The molecule has 17 unspecified atom stereocenters. The molecule has 0 bridgehead atoms. The maximum Gasteiger partial charge on any atom is 0.220 e. The van der Waals surface area contributed by atoms with Crippen molar-refractivity contribution in [3.8, 4) is 0 Å². The molecule has 0 spiro atoms. The summed E-state index contributed by atoms with van der Waals surface area (Å²) in [5, 5.41) is 121. The molecule has 108 heavy (non-hydrogen) atoms. The van der Waals surface area contributed by atoms with Gasteiger partial charge in [-0.2, -0.15) is 0 Å². The summed E-state index contributed by atoms with van der Waals surface area (Å²) in [5.41, 5.74) is 0. The van der Waals surface area contributed by atoms with Gasteiger partial charge in [0, 0.05) is 6.42 Å². The van der Waals surface area contributed by atoms with Gasteiger partial charge in [0.1, 0.15) is 73.2 Å². The van der Waals surface area contributed by atoms with Crippen LogP contribution in [0.1, 0.15) is 354 Å². The van der Waals surface area contributed by atoms with Gasteiger partial charge >= 0.3 is 0 Å². The number of nitrogens with one attached hydrogen (secondary N) is 1. The molecule has 0 aromatic heterocycles. The van der Waals surface area contributed by atoms with Gasteiger partial charge in [-0.05, 0) is 64.2 Å². The maximum atomic E-state index is 13.5. The van der Waals surface area contributed by atoms with Crippen molar-refractivity contribution in [3.63, 3.8) is 0 Å². The van der Waals surface area contributed by atoms with E-state index in [9.17, 15) is 61.0 Å². The molecule has 0 aromatic carbocycles. The molecule has 3 saturated heterocycles. The number of carbonyl (C=O) groups is 1. The van der Waals surface area contributed by atoms with Crippen LogP contribution in [0.5, 0.6) is 0 Å². The van der Waals surface area contributed by atoms with E-state index >= 15 is 0 Å². The molecule has 19 heteroatoms. The number of carbonyl (C=O) groups excluding carboxylic acids is 1. The van der Waals surface area contributed by atoms with Crippen LogP contribution >= 0.6 is 0 Å². The second-order valence-electron chi connectivity index (χ2n) is 31.3. The van der Waals surface area contributed by atoms with Crippen molar-refractivity contribution in [2.45, 2.75) is 458 Å². The van der Waals surface area contributed by atoms with Crippen LogP contribution in [0.3, 0.4) is 0 Å². The molecule has 1 amide bonds. The molecular weight excluding hydrogens is 1370 g/mol. The first-order valence-electron chi connectivity index (χ1n) is 44.2. The van der Waals surface area contributed by atoms with E-state index < -0.39 is 124 Å². The number of allylic oxidation sites excluding steroid dienone is 12. The molecule has 17 atom stereocenters. The molecule has 3 aliphatic heterocycles. The lowest BCUT2D eigenvalue weighted by Gasteiger charge is -2.48. The first-order chi connectivity index (χ1) is 52.8. The summed E-state index contributed by atoms with van der Waals surface area (Å²) in [4.78, 5) is 13.5. The lowest BCUT2D eigenvalue weighted by atomic mass is 9.96. The van der Waals surface area contributed by atoms with Gasteiger partial charge in [-0.1, -0.05) is 356 Å². The summed E-state index contributed by atoms with van der Waals surface area (Å²) in [6, 6.07) is -0.891. The Hall–Kier alpha value is -2.77. The Bertz CT molecular complexity index is 2230. The van der Waals surface area contributed by atoms with Gasteiger partial charge in [-0.15, -0.1) is 0 Å². The fourth-order valence-corrected chi connectivity index (χ4v) is 14.8. The van der Waals surface area contributed by atoms with Crippen LogP contribution in [-0.4, -0.2) is 193 Å². The second kappa shape index (κ2) is 68.6. The molecule has 630 valence electrons. The van der Waals surface area contributed by atoms with Gasteiger partial charge in [0.2, 0.25) is 5.91 Å². The van der Waals surface area contributed by atoms with Crippen molar-refractivity contribution < 1.29 is 89.4 Å². The van der Waals surface area contributed by atoms with E-state index in [1.54, 1.807) is 0 Å². The maximum absolute atomic E-state index is 13.5. The zero-order valence-corrected chi connectivity index (χ0v) is 67.8. The lowest BCUT2D eigenvalue weighted by molar-refractivity contribution is -0.379. The molecule has 0 radical (unpaired) electrons. The summed E-state index contributed by atoms with van der Waals surface area (Å²) in [6.45, 7) is 1.74. The summed E-state index contributed by atoms with van der Waals surface area (Å²) in [7, 11) is 0. The Morgan fingerprint density at radius 1 is 0.343 bits per heavy atom. The van der Waals surface area contributed by atoms with Crippen molar-refractivity contribution in [2.24, 2.45) is 0 Å². The van der Waals surface area contributed by atoms with Crippen molar-refractivity contribution in [1.29, 1.82) is 0 Å². The molecule has 0 aromatic rings. The highest BCUT2D eigenvalue weighted by Crippen LogP contribution is 2.34. The Kier molecular flexibility index (Phi) is 63.2. The number of ether oxygens (including phenoxy) is 6. The Labute approximate surface area is 655 Å². The van der Waals surface area contributed by atoms with Crippen LogP contribution in [0.15, 0.2) is 72.9 Å². The van der Waals surface area contributed by atoms with Gasteiger partial charge < -0.3 is 89.9 Å². The molecule has 3 fully saturated rings. The average Bonchev–Trinajstić information content (AvgIpc) is 0.779. The molecule has 3 heterocycles. The zero-order valence-electron chi connectivity index (χ0n) is 67.8. The van der Waals surface area contributed by atoms with Gasteiger partial charge in [0.05, 0.1) is 38.6 Å². The van der Waals surface area contributed by atoms with Crippen LogP contribution in [0.25, 0.3) is 0 Å². The molecular formula is C89H161NO18. The zero-order chi connectivity index (χ0) is 78.1. The number of hydrogen-bond donors (Lipinski definition) is 12. The summed E-state index contributed by atoms with van der Waals surface area (Å²) < 4.78 is 34.6. The van der Waals surface area contributed by atoms with Gasteiger partial charge in [0.25, 0.3) is 0 Å². The minimum atomic E-state index is -1.97. The standard InChI is InChI=1S/C89H161NO18/c1-3-5-7-9-11-13-15-17-19-21-23-25-27-29-31-32-33-34-35-36-37-38-39-40-41-43-45-47-49-51-53-55-57-59-61-63-65-67-77(95)90-72(73(94)66-64-62-60-58-56-54-52-50-48-46-44-42-30-28-26-24-22-20-18-16-14-12-10-8-6-4-2)71-103-87-83(101)80(98)85(75(69-92)105-87)108-89-84(102)81(99)86(76(70-93)106-89)107-88-82(100)79(97)78(96)74(68-91)104-88/h5,7,11,13,17,19,23,25,29,31,33-34,72-76,78-89,91-94,96-102H,3-4,6,8-10,12,14-16,18,20-22,24,26-28,30,32,35-71H2,1-2H3,(H,90,95)/b7-5-,13-11-,19-17-,25-23-,31-29-,34-33-. The van der Waals surface area contributed by atoms with Crippen LogP contribution < -0.4 is 5.32 Å². The highest BCUT2D eigenvalue weighted by Gasteiger charge is 2.54. The fourth-order valence-electron chi connectivity index (χ4n) is 14.8. The summed E-state index contributed by atoms with van der Waals surface area (Å²) in [6.07, 6.45) is 64.3. The SMILES string of the molecule is CC/C=C\C/C=C\C/C=C\C/C=C\C/C=C\C/C=C\CCCCCCCCCCCCCCCCCCCCC(=O)NC(COC1OC(CO)C(OC2OC(CO)C(OC3OC(CO)C(O)C(O)C3O)C(O)C2O)C(O)C1O)C(O)CCCCCCCCCCCCCCCCCCCCCCCCCCCC. The van der Waals surface area contributed by atoms with E-state index in [1.807, 2.05) is 0 Å². The van der Waals surface area contributed by atoms with Crippen LogP contribution in [0, 0.1) is 0 Å². The topological polar surface area (TPSA) is 307 Å². The molecule has 19 nitrogen and oxygen atoms in total. The monoisotopic (exact) mass is 1530 g/mol. The number of unbranched alkanes of at least 4 members (excludes halogenated alkanes) is 43. The Balaban J connectivity index is 1.32. The molecule has 3 rings (SSSR count). The number of rotatable bonds is 71. The highest BCUT2D eigenvalue weighted by atomic mass is 16.8. The van der Waals surface area contributed by atoms with E-state index in [2.05, 4.69) is 92.1 Å². The number of amides is 1. The van der Waals surface area contributed by atoms with E-state index in [4.69, 9.17) is 28.4 Å². The van der Waals surface area contributed by atoms with Crippen LogP contribution in [0.4, 0.5) is 0 Å². The van der Waals surface area contributed by atoms with E-state index in [1.165, 1.54) is 238 Å². The quantitative estimate of drug-likeness (QED) is 0.0199. The fraction of sp³-hybridized carbons (Fsp3) is 0.854. The summed E-state index contributed by atoms with van der Waals surface area (Å²) in [5.74, 6) is -0.238. The molecule has 0 aliphatic carbocycles. The van der Waals surface area contributed by atoms with E-state index in [0.717, 1.165) is 83.5 Å². The third-order valence-corrected chi connectivity index (χ3v) is 21.8. The minimum Gasteiger partial charge on any atom is -0.394 e. The van der Waals surface area contributed by atoms with Crippen LogP contribution in [0.2, 0.25) is 0 Å². The first kappa shape index (κ1) is 99.4. The van der Waals surface area contributed by atoms with Crippen molar-refractivity contribution in [1.82, 2.24) is 5.32 Å². The summed E-state index contributed by atoms with van der Waals surface area (Å²) >= 11 is 0. The Morgan fingerprint density at radius 2 is 0.639 bits per heavy atom. The number of hydrogen-bond acceptors (Lipinski definition) is 18.